The predicted octanol–water partition coefficient (Wildman–Crippen LogP) is 4.08. The fourth-order valence-corrected chi connectivity index (χ4v) is 2.69. The number of hydrogen-bond donors (Lipinski definition) is 0. The maximum absolute atomic E-state index is 12.5. The van der Waals surface area contributed by atoms with Crippen LogP contribution < -0.4 is 0 Å². The van der Waals surface area contributed by atoms with E-state index in [0.29, 0.717) is 24.2 Å². The third-order valence-corrected chi connectivity index (χ3v) is 3.95. The van der Waals surface area contributed by atoms with Gasteiger partial charge in [-0.3, -0.25) is 4.79 Å². The van der Waals surface area contributed by atoms with E-state index in [0.717, 1.165) is 11.1 Å². The van der Waals surface area contributed by atoms with Crippen molar-refractivity contribution < 1.29 is 13.6 Å². The lowest BCUT2D eigenvalue weighted by atomic mass is 10.1. The lowest BCUT2D eigenvalue weighted by Crippen LogP contribution is -2.03. The third kappa shape index (κ3) is 3.62. The van der Waals surface area contributed by atoms with E-state index in [-0.39, 0.29) is 11.8 Å². The zero-order chi connectivity index (χ0) is 17.8. The summed E-state index contributed by atoms with van der Waals surface area (Å²) in [6.45, 7) is 0. The molecule has 0 aliphatic heterocycles. The van der Waals surface area contributed by atoms with Crippen LogP contribution in [0, 0.1) is 0 Å². The van der Waals surface area contributed by atoms with Gasteiger partial charge < -0.3 is 8.83 Å². The van der Waals surface area contributed by atoms with Crippen molar-refractivity contribution in [2.75, 3.05) is 0 Å². The Morgan fingerprint density at radius 1 is 0.692 bits per heavy atom. The Bertz CT molecular complexity index is 922. The van der Waals surface area contributed by atoms with E-state index in [1.807, 2.05) is 60.7 Å². The number of carbonyl (C=O) groups is 1. The second-order valence-corrected chi connectivity index (χ2v) is 5.94. The van der Waals surface area contributed by atoms with Crippen LogP contribution in [0.15, 0.2) is 82.0 Å². The smallest absolute Gasteiger partial charge is 0.302 e. The van der Waals surface area contributed by atoms with Crippen molar-refractivity contribution in [3.8, 4) is 0 Å². The molecule has 128 valence electrons. The highest BCUT2D eigenvalue weighted by Gasteiger charge is 2.21. The highest BCUT2D eigenvalue weighted by atomic mass is 16.4. The Morgan fingerprint density at radius 2 is 1.12 bits per heavy atom. The Balaban J connectivity index is 1.46. The van der Waals surface area contributed by atoms with Gasteiger partial charge in [-0.1, -0.05) is 60.7 Å². The molecular weight excluding hydrogens is 328 g/mol. The molecule has 0 spiro atoms. The minimum Gasteiger partial charge on any atom is -0.442 e. The number of benzene rings is 2. The first-order valence-electron chi connectivity index (χ1n) is 8.29. The van der Waals surface area contributed by atoms with E-state index < -0.39 is 5.78 Å². The van der Waals surface area contributed by atoms with E-state index >= 15 is 0 Å². The van der Waals surface area contributed by atoms with E-state index in [4.69, 9.17) is 8.83 Å². The minimum atomic E-state index is -0.455. The largest absolute Gasteiger partial charge is 0.442 e. The number of nitrogens with zero attached hydrogens (tertiary/aromatic N) is 2. The summed E-state index contributed by atoms with van der Waals surface area (Å²) in [6, 6.07) is 19.8. The Morgan fingerprint density at radius 3 is 1.54 bits per heavy atom. The van der Waals surface area contributed by atoms with E-state index in [2.05, 4.69) is 9.97 Å². The van der Waals surface area contributed by atoms with Gasteiger partial charge >= 0.3 is 5.78 Å². The summed E-state index contributed by atoms with van der Waals surface area (Å²) in [6.07, 6.45) is 4.19. The highest BCUT2D eigenvalue weighted by Crippen LogP contribution is 2.15. The summed E-state index contributed by atoms with van der Waals surface area (Å²) >= 11 is 0. The molecule has 0 bridgehead atoms. The molecule has 0 radical (unpaired) electrons. The lowest BCUT2D eigenvalue weighted by molar-refractivity contribution is 0.0970. The number of oxazole rings is 2. The summed E-state index contributed by atoms with van der Waals surface area (Å²) in [5.74, 6) is -0.475. The van der Waals surface area contributed by atoms with Crippen molar-refractivity contribution in [1.82, 2.24) is 9.97 Å². The van der Waals surface area contributed by atoms with Gasteiger partial charge in [-0.2, -0.15) is 0 Å². The zero-order valence-corrected chi connectivity index (χ0v) is 14.0. The molecule has 0 saturated carbocycles. The van der Waals surface area contributed by atoms with E-state index in [9.17, 15) is 4.79 Å². The average molecular weight is 344 g/mol. The van der Waals surface area contributed by atoms with Gasteiger partial charge in [-0.15, -0.1) is 0 Å². The molecule has 0 saturated heterocycles. The maximum atomic E-state index is 12.5. The number of carbonyl (C=O) groups excluding carboxylic acids is 1. The Labute approximate surface area is 150 Å². The number of aromatic nitrogens is 2. The summed E-state index contributed by atoms with van der Waals surface area (Å²) in [5, 5.41) is 0. The molecule has 4 rings (SSSR count). The molecule has 0 amide bonds. The topological polar surface area (TPSA) is 69.1 Å². The quantitative estimate of drug-likeness (QED) is 0.493. The third-order valence-electron chi connectivity index (χ3n) is 3.95. The molecule has 26 heavy (non-hydrogen) atoms. The van der Waals surface area contributed by atoms with Gasteiger partial charge in [0.25, 0.3) is 11.8 Å². The van der Waals surface area contributed by atoms with E-state index in [1.165, 1.54) is 12.5 Å². The lowest BCUT2D eigenvalue weighted by Gasteiger charge is -1.95. The Hall–Kier alpha value is -3.47. The van der Waals surface area contributed by atoms with Crippen LogP contribution in [-0.4, -0.2) is 15.8 Å². The van der Waals surface area contributed by atoms with Gasteiger partial charge in [-0.25, -0.2) is 9.97 Å². The molecule has 4 aromatic rings. The van der Waals surface area contributed by atoms with E-state index in [1.54, 1.807) is 0 Å². The van der Waals surface area contributed by atoms with Crippen molar-refractivity contribution in [3.63, 3.8) is 0 Å². The van der Waals surface area contributed by atoms with Crippen molar-refractivity contribution in [2.24, 2.45) is 0 Å². The molecule has 5 heteroatoms. The molecule has 2 aromatic carbocycles. The normalized spacial score (nSPS) is 10.8. The minimum absolute atomic E-state index is 0.0101. The highest BCUT2D eigenvalue weighted by molar-refractivity contribution is 6.02. The Kier molecular flexibility index (Phi) is 4.43. The second kappa shape index (κ2) is 7.19. The van der Waals surface area contributed by atoms with Gasteiger partial charge in [0.2, 0.25) is 0 Å². The molecule has 0 aliphatic carbocycles. The van der Waals surface area contributed by atoms with Gasteiger partial charge in [-0.05, 0) is 11.1 Å². The zero-order valence-electron chi connectivity index (χ0n) is 14.0. The summed E-state index contributed by atoms with van der Waals surface area (Å²) < 4.78 is 10.6. The molecule has 0 atom stereocenters. The van der Waals surface area contributed by atoms with Crippen LogP contribution in [0.5, 0.6) is 0 Å². The number of hydrogen-bond acceptors (Lipinski definition) is 5. The molecular formula is C21H16N2O3. The van der Waals surface area contributed by atoms with Crippen LogP contribution in [0.3, 0.4) is 0 Å². The van der Waals surface area contributed by atoms with Crippen LogP contribution in [0.25, 0.3) is 0 Å². The standard InChI is InChI=1S/C21H16N2O3/c24-19(20-22-17(13-25-20)11-15-7-3-1-4-8-15)21-23-18(14-26-21)12-16-9-5-2-6-10-16/h1-10,13-14H,11-12H2. The molecule has 2 heterocycles. The number of rotatable bonds is 6. The monoisotopic (exact) mass is 344 g/mol. The van der Waals surface area contributed by atoms with Crippen molar-refractivity contribution in [3.05, 3.63) is 107 Å². The molecule has 0 aliphatic rings. The van der Waals surface area contributed by atoms with Crippen LogP contribution in [0.4, 0.5) is 0 Å². The first kappa shape index (κ1) is 16.0. The van der Waals surface area contributed by atoms with Crippen molar-refractivity contribution >= 4 is 5.78 Å². The van der Waals surface area contributed by atoms with Crippen LogP contribution in [-0.2, 0) is 12.8 Å². The van der Waals surface area contributed by atoms with Gasteiger partial charge in [0.1, 0.15) is 12.5 Å². The summed E-state index contributed by atoms with van der Waals surface area (Å²) in [7, 11) is 0. The fraction of sp³-hybridized carbons (Fsp3) is 0.0952. The summed E-state index contributed by atoms with van der Waals surface area (Å²) in [4.78, 5) is 21.0. The number of ketones is 1. The second-order valence-electron chi connectivity index (χ2n) is 5.94. The van der Waals surface area contributed by atoms with Crippen molar-refractivity contribution in [2.45, 2.75) is 12.8 Å². The first-order valence-corrected chi connectivity index (χ1v) is 8.29. The maximum Gasteiger partial charge on any atom is 0.302 e. The average Bonchev–Trinajstić information content (AvgIpc) is 3.33. The van der Waals surface area contributed by atoms with Crippen molar-refractivity contribution in [1.29, 1.82) is 0 Å². The molecule has 0 N–H and O–H groups in total. The molecule has 0 fully saturated rings. The van der Waals surface area contributed by atoms with Gasteiger partial charge in [0.05, 0.1) is 11.4 Å². The SMILES string of the molecule is O=C(c1nc(Cc2ccccc2)co1)c1nc(Cc2ccccc2)co1. The van der Waals surface area contributed by atoms with Crippen LogP contribution in [0.1, 0.15) is 39.1 Å². The molecule has 2 aromatic heterocycles. The molecule has 5 nitrogen and oxygen atoms in total. The molecule has 0 unspecified atom stereocenters. The van der Waals surface area contributed by atoms with Gasteiger partial charge in [0.15, 0.2) is 0 Å². The van der Waals surface area contributed by atoms with Crippen LogP contribution >= 0.6 is 0 Å². The fourth-order valence-electron chi connectivity index (χ4n) is 2.69. The van der Waals surface area contributed by atoms with Gasteiger partial charge in [0, 0.05) is 12.8 Å². The van der Waals surface area contributed by atoms with Crippen LogP contribution in [0.2, 0.25) is 0 Å². The first-order chi connectivity index (χ1) is 12.8. The summed E-state index contributed by atoms with van der Waals surface area (Å²) in [5.41, 5.74) is 3.58. The predicted molar refractivity (Wildman–Crippen MR) is 94.9 cm³/mol.